The molecule has 0 spiro atoms. The van der Waals surface area contributed by atoms with Gasteiger partial charge in [-0.25, -0.2) is 0 Å². The van der Waals surface area contributed by atoms with Gasteiger partial charge in [0.15, 0.2) is 0 Å². The summed E-state index contributed by atoms with van der Waals surface area (Å²) < 4.78 is 0. The van der Waals surface area contributed by atoms with E-state index in [0.717, 1.165) is 21.6 Å². The zero-order valence-corrected chi connectivity index (χ0v) is 20.8. The van der Waals surface area contributed by atoms with Crippen molar-refractivity contribution in [3.8, 4) is 0 Å². The van der Waals surface area contributed by atoms with Crippen molar-refractivity contribution in [1.29, 1.82) is 0 Å². The molecule has 1 unspecified atom stereocenters. The average molecular weight is 480 g/mol. The number of aliphatic hydroxyl groups is 1. The summed E-state index contributed by atoms with van der Waals surface area (Å²) in [5.41, 5.74) is 3.77. The molecule has 1 aliphatic heterocycles. The Labute approximate surface area is 203 Å². The maximum atomic E-state index is 13.4. The molecule has 4 nitrogen and oxygen atoms in total. The third-order valence-electron chi connectivity index (χ3n) is 6.03. The summed E-state index contributed by atoms with van der Waals surface area (Å²) >= 11 is 7.58. The van der Waals surface area contributed by atoms with E-state index in [4.69, 9.17) is 11.6 Å². The van der Waals surface area contributed by atoms with E-state index in [9.17, 15) is 14.7 Å². The van der Waals surface area contributed by atoms with Crippen molar-refractivity contribution < 1.29 is 14.7 Å². The van der Waals surface area contributed by atoms with Crippen LogP contribution in [0.15, 0.2) is 59.5 Å². The Bertz CT molecular complexity index is 1290. The number of benzene rings is 2. The molecule has 170 valence electrons. The molecule has 1 saturated heterocycles. The molecule has 0 aliphatic carbocycles. The molecule has 1 aromatic heterocycles. The van der Waals surface area contributed by atoms with E-state index < -0.39 is 17.7 Å². The number of rotatable bonds is 3. The van der Waals surface area contributed by atoms with Crippen LogP contribution < -0.4 is 4.90 Å². The van der Waals surface area contributed by atoms with Crippen molar-refractivity contribution in [3.63, 3.8) is 0 Å². The van der Waals surface area contributed by atoms with Crippen LogP contribution in [0, 0.1) is 13.8 Å². The first-order valence-electron chi connectivity index (χ1n) is 10.7. The van der Waals surface area contributed by atoms with Gasteiger partial charge in [-0.2, -0.15) is 0 Å². The molecule has 6 heteroatoms. The van der Waals surface area contributed by atoms with Crippen LogP contribution in [0.25, 0.3) is 5.76 Å². The number of nitrogens with zero attached hydrogens (tertiary/aromatic N) is 1. The van der Waals surface area contributed by atoms with E-state index >= 15 is 0 Å². The fourth-order valence-corrected chi connectivity index (χ4v) is 5.23. The first-order chi connectivity index (χ1) is 15.5. The topological polar surface area (TPSA) is 57.6 Å². The lowest BCUT2D eigenvalue weighted by molar-refractivity contribution is -0.132. The van der Waals surface area contributed by atoms with E-state index in [1.165, 1.54) is 16.2 Å². The number of aliphatic hydroxyl groups excluding tert-OH is 1. The molecule has 1 amide bonds. The van der Waals surface area contributed by atoms with Crippen molar-refractivity contribution in [1.82, 2.24) is 0 Å². The monoisotopic (exact) mass is 479 g/mol. The maximum absolute atomic E-state index is 13.4. The van der Waals surface area contributed by atoms with Crippen LogP contribution in [0.1, 0.15) is 53.9 Å². The molecule has 1 aliphatic rings. The summed E-state index contributed by atoms with van der Waals surface area (Å²) in [4.78, 5) is 28.9. The lowest BCUT2D eigenvalue weighted by Crippen LogP contribution is -2.29. The molecule has 3 aromatic rings. The van der Waals surface area contributed by atoms with E-state index in [1.54, 1.807) is 18.2 Å². The summed E-state index contributed by atoms with van der Waals surface area (Å²) in [6.45, 7) is 10.0. The molecule has 1 atom stereocenters. The van der Waals surface area contributed by atoms with Gasteiger partial charge in [-0.3, -0.25) is 14.5 Å². The first-order valence-corrected chi connectivity index (χ1v) is 12.0. The number of amides is 1. The molecular formula is C27H26ClNO3S. The Morgan fingerprint density at radius 2 is 1.76 bits per heavy atom. The highest BCUT2D eigenvalue weighted by molar-refractivity contribution is 7.10. The zero-order valence-electron chi connectivity index (χ0n) is 19.3. The first kappa shape index (κ1) is 23.3. The Balaban J connectivity index is 1.97. The van der Waals surface area contributed by atoms with Gasteiger partial charge in [-0.15, -0.1) is 11.3 Å². The van der Waals surface area contributed by atoms with Gasteiger partial charge in [0, 0.05) is 21.2 Å². The average Bonchev–Trinajstić information content (AvgIpc) is 3.35. The van der Waals surface area contributed by atoms with E-state index in [-0.39, 0.29) is 16.7 Å². The fraction of sp³-hybridized carbons (Fsp3) is 0.259. The normalized spacial score (nSPS) is 18.2. The number of halogens is 1. The highest BCUT2D eigenvalue weighted by Crippen LogP contribution is 2.45. The van der Waals surface area contributed by atoms with Crippen molar-refractivity contribution in [2.24, 2.45) is 0 Å². The summed E-state index contributed by atoms with van der Waals surface area (Å²) in [5, 5.41) is 13.9. The second-order valence-electron chi connectivity index (χ2n) is 9.40. The number of carbonyl (C=O) groups is 2. The zero-order chi connectivity index (χ0) is 24.1. The van der Waals surface area contributed by atoms with Gasteiger partial charge in [-0.05, 0) is 71.7 Å². The maximum Gasteiger partial charge on any atom is 0.300 e. The summed E-state index contributed by atoms with van der Waals surface area (Å²) in [6, 6.07) is 14.1. The Morgan fingerprint density at radius 3 is 2.36 bits per heavy atom. The number of carbonyl (C=O) groups excluding carboxylic acids is 2. The molecule has 4 rings (SSSR count). The summed E-state index contributed by atoms with van der Waals surface area (Å²) in [6.07, 6.45) is 0. The second kappa shape index (κ2) is 8.47. The number of hydrogen-bond acceptors (Lipinski definition) is 4. The number of aryl methyl sites for hydroxylation is 2. The van der Waals surface area contributed by atoms with Gasteiger partial charge in [0.05, 0.1) is 5.57 Å². The highest BCUT2D eigenvalue weighted by atomic mass is 35.5. The van der Waals surface area contributed by atoms with Crippen LogP contribution in [-0.4, -0.2) is 16.8 Å². The van der Waals surface area contributed by atoms with Gasteiger partial charge in [-0.1, -0.05) is 50.6 Å². The Kier molecular flexibility index (Phi) is 5.97. The molecular weight excluding hydrogens is 454 g/mol. The minimum Gasteiger partial charge on any atom is -0.507 e. The van der Waals surface area contributed by atoms with Crippen molar-refractivity contribution in [2.75, 3.05) is 4.90 Å². The van der Waals surface area contributed by atoms with E-state index in [0.29, 0.717) is 16.3 Å². The summed E-state index contributed by atoms with van der Waals surface area (Å²) in [7, 11) is 0. The van der Waals surface area contributed by atoms with Crippen molar-refractivity contribution in [3.05, 3.63) is 91.6 Å². The molecule has 2 aromatic carbocycles. The predicted octanol–water partition coefficient (Wildman–Crippen LogP) is 6.94. The minimum absolute atomic E-state index is 0.103. The van der Waals surface area contributed by atoms with Gasteiger partial charge >= 0.3 is 0 Å². The largest absolute Gasteiger partial charge is 0.507 e. The van der Waals surface area contributed by atoms with Crippen LogP contribution in [0.4, 0.5) is 5.69 Å². The predicted molar refractivity (Wildman–Crippen MR) is 135 cm³/mol. The van der Waals surface area contributed by atoms with Gasteiger partial charge < -0.3 is 5.11 Å². The van der Waals surface area contributed by atoms with Crippen molar-refractivity contribution in [2.45, 2.75) is 46.1 Å². The van der Waals surface area contributed by atoms with Crippen LogP contribution in [-0.2, 0) is 15.0 Å². The smallest absolute Gasteiger partial charge is 0.300 e. The highest BCUT2D eigenvalue weighted by Gasteiger charge is 2.48. The van der Waals surface area contributed by atoms with Crippen LogP contribution in [0.2, 0.25) is 5.02 Å². The number of Topliss-reactive ketones (excluding diaryl/α,β-unsaturated/α-hetero) is 1. The molecule has 33 heavy (non-hydrogen) atoms. The SMILES string of the molecule is Cc1ccc(C(C)(C)C)cc1/C(O)=C1\C(=O)C(=O)N(c2ccc(Cl)cc2C)C1c1cccs1. The standard InChI is InChI=1S/C27H26ClNO3S/c1-15-8-9-17(27(3,4)5)14-19(15)24(30)22-23(21-7-6-12-33-21)29(26(32)25(22)31)20-11-10-18(28)13-16(20)2/h6-14,23,30H,1-5H3/b24-22+. The lowest BCUT2D eigenvalue weighted by Gasteiger charge is -2.26. The van der Waals surface area contributed by atoms with Crippen LogP contribution in [0.5, 0.6) is 0 Å². The Morgan fingerprint density at radius 1 is 1.03 bits per heavy atom. The van der Waals surface area contributed by atoms with Gasteiger partial charge in [0.25, 0.3) is 11.7 Å². The molecule has 1 fully saturated rings. The van der Waals surface area contributed by atoms with Crippen LogP contribution in [0.3, 0.4) is 0 Å². The Hall–Kier alpha value is -2.89. The van der Waals surface area contributed by atoms with E-state index in [2.05, 4.69) is 20.8 Å². The fourth-order valence-electron chi connectivity index (χ4n) is 4.17. The molecule has 0 saturated carbocycles. The second-order valence-corrected chi connectivity index (χ2v) is 10.8. The minimum atomic E-state index is -0.720. The third-order valence-corrected chi connectivity index (χ3v) is 7.19. The lowest BCUT2D eigenvalue weighted by atomic mass is 9.84. The van der Waals surface area contributed by atoms with Crippen LogP contribution >= 0.6 is 22.9 Å². The molecule has 0 radical (unpaired) electrons. The number of thiophene rings is 1. The van der Waals surface area contributed by atoms with Gasteiger partial charge in [0.2, 0.25) is 0 Å². The van der Waals surface area contributed by atoms with Crippen molar-refractivity contribution >= 4 is 46.1 Å². The molecule has 2 heterocycles. The molecule has 1 N–H and O–H groups in total. The molecule has 0 bridgehead atoms. The van der Waals surface area contributed by atoms with E-state index in [1.807, 2.05) is 49.6 Å². The third kappa shape index (κ3) is 4.11. The number of ketones is 1. The van der Waals surface area contributed by atoms with Gasteiger partial charge in [0.1, 0.15) is 11.8 Å². The number of anilines is 1. The number of hydrogen-bond donors (Lipinski definition) is 1. The summed E-state index contributed by atoms with van der Waals surface area (Å²) in [5.74, 6) is -1.50. The quantitative estimate of drug-likeness (QED) is 0.251.